The second-order valence-electron chi connectivity index (χ2n) is 3.53. The summed E-state index contributed by atoms with van der Waals surface area (Å²) in [7, 11) is 1.06. The second-order valence-corrected chi connectivity index (χ2v) is 3.53. The van der Waals surface area contributed by atoms with E-state index in [-0.39, 0.29) is 36.0 Å². The summed E-state index contributed by atoms with van der Waals surface area (Å²) >= 11 is 0. The summed E-state index contributed by atoms with van der Waals surface area (Å²) < 4.78 is 0. The van der Waals surface area contributed by atoms with Crippen molar-refractivity contribution in [3.63, 3.8) is 0 Å². The summed E-state index contributed by atoms with van der Waals surface area (Å²) in [4.78, 5) is 20.8. The van der Waals surface area contributed by atoms with Gasteiger partial charge in [0, 0.05) is 6.04 Å². The van der Waals surface area contributed by atoms with Crippen LogP contribution in [0.25, 0.3) is 0 Å². The van der Waals surface area contributed by atoms with Crippen LogP contribution < -0.4 is 39.9 Å². The van der Waals surface area contributed by atoms with Crippen molar-refractivity contribution < 1.29 is 49.4 Å². The average Bonchev–Trinajstić information content (AvgIpc) is 2.34. The largest absolute Gasteiger partial charge is 1.00 e. The Morgan fingerprint density at radius 2 is 2.06 bits per heavy atom. The molecule has 2 unspecified atom stereocenters. The number of aliphatic carboxylic acids is 1. The predicted octanol–water partition coefficient (Wildman–Crippen LogP) is -4.89. The molecule has 0 amide bonds. The summed E-state index contributed by atoms with van der Waals surface area (Å²) in [5, 5.41) is 22.5. The van der Waals surface area contributed by atoms with Crippen molar-refractivity contribution in [2.75, 3.05) is 0 Å². The van der Waals surface area contributed by atoms with E-state index in [0.717, 1.165) is 13.0 Å². The first kappa shape index (κ1) is 17.3. The first-order valence-corrected chi connectivity index (χ1v) is 5.11. The fourth-order valence-electron chi connectivity index (χ4n) is 1.46. The zero-order valence-electron chi connectivity index (χ0n) is 10.1. The van der Waals surface area contributed by atoms with Gasteiger partial charge in [0.15, 0.2) is 0 Å². The van der Waals surface area contributed by atoms with E-state index < -0.39 is 18.1 Å². The van der Waals surface area contributed by atoms with Crippen LogP contribution in [-0.2, 0) is 16.0 Å². The zero-order chi connectivity index (χ0) is 12.7. The summed E-state index contributed by atoms with van der Waals surface area (Å²) in [6.07, 6.45) is -0.910. The van der Waals surface area contributed by atoms with E-state index in [1.165, 1.54) is 0 Å². The van der Waals surface area contributed by atoms with E-state index in [4.69, 9.17) is 0 Å². The third-order valence-electron chi connectivity index (χ3n) is 2.30. The Kier molecular flexibility index (Phi) is 8.96. The quantitative estimate of drug-likeness (QED) is 0.377. The number of carboxylic acids is 1. The maximum absolute atomic E-state index is 10.6. The van der Waals surface area contributed by atoms with Gasteiger partial charge in [-0.2, -0.15) is 0 Å². The van der Waals surface area contributed by atoms with Crippen molar-refractivity contribution >= 4 is 19.6 Å². The number of benzene rings is 1. The maximum Gasteiger partial charge on any atom is 1.00 e. The molecular weight excluding hydrogens is 244 g/mol. The number of nitrogens with one attached hydrogen (secondary N) is 1. The number of hydrogen-bond acceptors (Lipinski definition) is 5. The third-order valence-corrected chi connectivity index (χ3v) is 2.30. The van der Waals surface area contributed by atoms with Gasteiger partial charge in [-0.1, -0.05) is 30.3 Å². The van der Waals surface area contributed by atoms with Crippen molar-refractivity contribution in [3.05, 3.63) is 35.9 Å². The number of aliphatic hydroxyl groups is 1. The fourth-order valence-corrected chi connectivity index (χ4v) is 1.46. The van der Waals surface area contributed by atoms with Crippen LogP contribution in [0.1, 0.15) is 5.56 Å². The molecule has 0 saturated heterocycles. The van der Waals surface area contributed by atoms with Gasteiger partial charge >= 0.3 is 29.6 Å². The normalized spacial score (nSPS) is 12.9. The van der Waals surface area contributed by atoms with Crippen LogP contribution in [-0.4, -0.2) is 36.8 Å². The number of hydrogen-bond donors (Lipinski definition) is 2. The minimum atomic E-state index is -1.67. The fraction of sp³-hybridized carbons (Fsp3) is 0.273. The number of aliphatic hydroxyl groups excluding tert-OH is 1. The molecule has 7 heteroatoms. The molecule has 1 aromatic carbocycles. The van der Waals surface area contributed by atoms with Gasteiger partial charge < -0.3 is 25.0 Å². The monoisotopic (exact) mass is 256 g/mol. The van der Waals surface area contributed by atoms with Crippen molar-refractivity contribution in [2.24, 2.45) is 0 Å². The Balaban J connectivity index is 0.00000289. The first-order chi connectivity index (χ1) is 8.15. The number of carboxylic acid groups (broad SMARTS) is 1. The van der Waals surface area contributed by atoms with Gasteiger partial charge in [-0.3, -0.25) is 0 Å². The van der Waals surface area contributed by atoms with Crippen LogP contribution in [0, 0.1) is 0 Å². The van der Waals surface area contributed by atoms with Crippen molar-refractivity contribution in [2.45, 2.75) is 18.6 Å². The van der Waals surface area contributed by atoms with Gasteiger partial charge in [-0.25, -0.2) is 0 Å². The molecule has 0 saturated carbocycles. The molecule has 0 aromatic heterocycles. The molecule has 5 nitrogen and oxygen atoms in total. The zero-order valence-corrected chi connectivity index (χ0v) is 12.1. The minimum Gasteiger partial charge on any atom is -0.547 e. The van der Waals surface area contributed by atoms with Crippen molar-refractivity contribution in [1.82, 2.24) is 5.23 Å². The van der Waals surface area contributed by atoms with E-state index in [1.54, 1.807) is 24.3 Å². The molecule has 89 valence electrons. The molecule has 0 aliphatic rings. The topological polar surface area (TPSA) is 89.5 Å². The Morgan fingerprint density at radius 3 is 2.56 bits per heavy atom. The number of carbonyl (C=O) groups is 2. The van der Waals surface area contributed by atoms with E-state index >= 15 is 0 Å². The average molecular weight is 256 g/mol. The standard InChI is InChI=1S/C11H13BNO4.Na/c14-7-12-13-9(10(15)11(16)17)6-8-4-2-1-3-5-8;/h1-5,7,9-10,13,15H,6H2,(H,16,17);/q;+1/p-1. The molecule has 2 N–H and O–H groups in total. The van der Waals surface area contributed by atoms with Crippen molar-refractivity contribution in [1.29, 1.82) is 0 Å². The molecule has 0 aliphatic carbocycles. The van der Waals surface area contributed by atoms with E-state index in [2.05, 4.69) is 5.23 Å². The third kappa shape index (κ3) is 5.79. The van der Waals surface area contributed by atoms with E-state index in [1.807, 2.05) is 6.07 Å². The molecule has 2 atom stereocenters. The Hall–Kier alpha value is -0.655. The molecule has 1 rings (SSSR count). The Labute approximate surface area is 128 Å². The van der Waals surface area contributed by atoms with Crippen LogP contribution >= 0.6 is 0 Å². The molecule has 18 heavy (non-hydrogen) atoms. The SMILES string of the molecule is O=C[B]NC(Cc1ccccc1)C(O)C(=O)[O-].[Na+]. The Bertz CT molecular complexity index is 377. The molecule has 1 radical (unpaired) electrons. The summed E-state index contributed by atoms with van der Waals surface area (Å²) in [5.41, 5.74) is 0.851. The number of rotatable bonds is 7. The van der Waals surface area contributed by atoms with Crippen LogP contribution in [0.5, 0.6) is 0 Å². The molecule has 1 aromatic rings. The van der Waals surface area contributed by atoms with Gasteiger partial charge in [0.1, 0.15) is 6.10 Å². The first-order valence-electron chi connectivity index (χ1n) is 5.11. The van der Waals surface area contributed by atoms with Gasteiger partial charge in [-0.05, 0) is 12.0 Å². The smallest absolute Gasteiger partial charge is 0.547 e. The van der Waals surface area contributed by atoms with Crippen LogP contribution in [0.4, 0.5) is 0 Å². The molecular formula is C11H12BNNaO4. The van der Waals surface area contributed by atoms with Gasteiger partial charge in [0.25, 0.3) is 7.41 Å². The van der Waals surface area contributed by atoms with Gasteiger partial charge in [-0.15, -0.1) is 0 Å². The number of carbonyl (C=O) groups excluding carboxylic acids is 2. The predicted molar refractivity (Wildman–Crippen MR) is 60.6 cm³/mol. The summed E-state index contributed by atoms with van der Waals surface area (Å²) in [6.45, 7) is 0. The molecule has 0 bridgehead atoms. The second kappa shape index (κ2) is 9.30. The van der Waals surface area contributed by atoms with Gasteiger partial charge in [0.2, 0.25) is 0 Å². The van der Waals surface area contributed by atoms with Crippen molar-refractivity contribution in [3.8, 4) is 0 Å². The molecule has 0 aliphatic heterocycles. The summed E-state index contributed by atoms with van der Waals surface area (Å²) in [6, 6.07) is 8.25. The van der Waals surface area contributed by atoms with E-state index in [0.29, 0.717) is 6.19 Å². The maximum atomic E-state index is 10.6. The van der Waals surface area contributed by atoms with E-state index in [9.17, 15) is 19.8 Å². The minimum absolute atomic E-state index is 0. The van der Waals surface area contributed by atoms with Crippen LogP contribution in [0.2, 0.25) is 0 Å². The van der Waals surface area contributed by atoms with Gasteiger partial charge in [0.05, 0.1) is 12.2 Å². The molecule has 0 fully saturated rings. The Morgan fingerprint density at radius 1 is 1.44 bits per heavy atom. The molecule has 0 spiro atoms. The molecule has 0 heterocycles. The van der Waals surface area contributed by atoms with Crippen LogP contribution in [0.15, 0.2) is 30.3 Å². The summed E-state index contributed by atoms with van der Waals surface area (Å²) in [5.74, 6) is -1.57. The van der Waals surface area contributed by atoms with Crippen LogP contribution in [0.3, 0.4) is 0 Å².